The van der Waals surface area contributed by atoms with E-state index in [0.717, 1.165) is 25.3 Å². The van der Waals surface area contributed by atoms with Gasteiger partial charge >= 0.3 is 0 Å². The summed E-state index contributed by atoms with van der Waals surface area (Å²) in [5, 5.41) is 8.73. The molecule has 4 amide bonds. The number of amides is 4. The van der Waals surface area contributed by atoms with Gasteiger partial charge in [-0.3, -0.25) is 19.2 Å². The van der Waals surface area contributed by atoms with Crippen molar-refractivity contribution in [3.05, 3.63) is 34.7 Å². The Labute approximate surface area is 200 Å². The van der Waals surface area contributed by atoms with Crippen LogP contribution in [0, 0.1) is 17.7 Å². The minimum Gasteiger partial charge on any atom is -0.368 e. The van der Waals surface area contributed by atoms with Crippen molar-refractivity contribution in [2.24, 2.45) is 17.6 Å². The molecule has 0 radical (unpaired) electrons. The van der Waals surface area contributed by atoms with Crippen LogP contribution in [0.3, 0.4) is 0 Å². The number of nitrogens with two attached hydrogens (primary N) is 1. The lowest BCUT2D eigenvalue weighted by Gasteiger charge is -2.27. The fraction of sp³-hybridized carbons (Fsp3) is 0.478. The molecule has 11 heteroatoms. The number of H-pyrrole nitrogens is 1. The smallest absolute Gasteiger partial charge is 0.268 e. The Hall–Kier alpha value is -3.14. The van der Waals surface area contributed by atoms with Gasteiger partial charge in [-0.1, -0.05) is 24.4 Å². The monoisotopic (exact) mass is 491 g/mol. The molecule has 2 heterocycles. The first-order valence-corrected chi connectivity index (χ1v) is 11.7. The number of aromatic nitrogens is 1. The first kappa shape index (κ1) is 24.0. The number of rotatable bonds is 9. The second-order valence-electron chi connectivity index (χ2n) is 9.07. The van der Waals surface area contributed by atoms with Gasteiger partial charge in [0.2, 0.25) is 17.7 Å². The van der Waals surface area contributed by atoms with Crippen molar-refractivity contribution in [2.75, 3.05) is 6.54 Å². The Morgan fingerprint density at radius 2 is 1.88 bits per heavy atom. The summed E-state index contributed by atoms with van der Waals surface area (Å²) in [7, 11) is 0. The summed E-state index contributed by atoms with van der Waals surface area (Å²) in [6, 6.07) is 1.94. The van der Waals surface area contributed by atoms with Crippen LogP contribution in [0.25, 0.3) is 10.9 Å². The van der Waals surface area contributed by atoms with E-state index in [0.29, 0.717) is 36.2 Å². The van der Waals surface area contributed by atoms with E-state index in [1.54, 1.807) is 0 Å². The highest BCUT2D eigenvalue weighted by Gasteiger charge is 2.34. The quantitative estimate of drug-likeness (QED) is 0.363. The second-order valence-corrected chi connectivity index (χ2v) is 9.47. The van der Waals surface area contributed by atoms with Crippen LogP contribution in [0.2, 0.25) is 5.02 Å². The highest BCUT2D eigenvalue weighted by atomic mass is 35.5. The van der Waals surface area contributed by atoms with Gasteiger partial charge in [0.05, 0.1) is 10.5 Å². The molecule has 2 aromatic rings. The number of benzene rings is 1. The van der Waals surface area contributed by atoms with Crippen molar-refractivity contribution < 1.29 is 23.6 Å². The predicted octanol–water partition coefficient (Wildman–Crippen LogP) is 1.75. The first-order valence-electron chi connectivity index (χ1n) is 11.4. The fourth-order valence-electron chi connectivity index (χ4n) is 4.30. The van der Waals surface area contributed by atoms with Gasteiger partial charge in [-0.05, 0) is 49.8 Å². The molecule has 6 N–H and O–H groups in total. The number of hydrogen-bond donors (Lipinski definition) is 5. The molecule has 0 spiro atoms. The van der Waals surface area contributed by atoms with Crippen LogP contribution < -0.4 is 21.7 Å². The highest BCUT2D eigenvalue weighted by molar-refractivity contribution is 6.35. The Bertz CT molecular complexity index is 1130. The third-order valence-corrected chi connectivity index (χ3v) is 6.68. The van der Waals surface area contributed by atoms with Crippen LogP contribution in [0.4, 0.5) is 4.39 Å². The van der Waals surface area contributed by atoms with Crippen LogP contribution in [0.1, 0.15) is 49.0 Å². The van der Waals surface area contributed by atoms with Crippen LogP contribution >= 0.6 is 11.6 Å². The van der Waals surface area contributed by atoms with Crippen molar-refractivity contribution in [1.29, 1.82) is 0 Å². The number of halogens is 2. The van der Waals surface area contributed by atoms with Crippen LogP contribution in [0.5, 0.6) is 0 Å². The largest absolute Gasteiger partial charge is 0.368 e. The average molecular weight is 492 g/mol. The molecule has 2 fully saturated rings. The molecule has 1 saturated heterocycles. The van der Waals surface area contributed by atoms with Crippen LogP contribution in [-0.4, -0.2) is 47.2 Å². The molecule has 4 rings (SSSR count). The summed E-state index contributed by atoms with van der Waals surface area (Å²) in [6.07, 6.45) is 3.79. The number of aromatic amines is 1. The molecule has 0 bridgehead atoms. The number of primary amides is 1. The Balaban J connectivity index is 1.46. The zero-order chi connectivity index (χ0) is 24.4. The minimum absolute atomic E-state index is 0.100. The molecule has 3 atom stereocenters. The Morgan fingerprint density at radius 3 is 2.56 bits per heavy atom. The number of carbonyl (C=O) groups excluding carboxylic acids is 4. The number of piperidine rings is 1. The average Bonchev–Trinajstić information content (AvgIpc) is 3.49. The molecule has 1 aromatic heterocycles. The van der Waals surface area contributed by atoms with E-state index in [1.807, 2.05) is 0 Å². The molecule has 1 aliphatic heterocycles. The number of fused-ring (bicyclic) bond motifs is 1. The summed E-state index contributed by atoms with van der Waals surface area (Å²) in [5.74, 6) is -2.67. The molecule has 182 valence electrons. The summed E-state index contributed by atoms with van der Waals surface area (Å²) in [5.41, 5.74) is 5.99. The van der Waals surface area contributed by atoms with Crippen molar-refractivity contribution in [1.82, 2.24) is 20.9 Å². The lowest BCUT2D eigenvalue weighted by molar-refractivity contribution is -0.131. The molecule has 2 aliphatic rings. The molecule has 0 unspecified atom stereocenters. The number of carbonyl (C=O) groups is 4. The van der Waals surface area contributed by atoms with Gasteiger partial charge < -0.3 is 26.7 Å². The summed E-state index contributed by atoms with van der Waals surface area (Å²) in [6.45, 7) is 0.587. The maximum atomic E-state index is 13.6. The van der Waals surface area contributed by atoms with E-state index in [-0.39, 0.29) is 23.0 Å². The van der Waals surface area contributed by atoms with Gasteiger partial charge in [0.15, 0.2) is 0 Å². The highest BCUT2D eigenvalue weighted by Crippen LogP contribution is 2.34. The van der Waals surface area contributed by atoms with Gasteiger partial charge in [-0.25, -0.2) is 4.39 Å². The minimum atomic E-state index is -1.03. The lowest BCUT2D eigenvalue weighted by Crippen LogP contribution is -2.54. The summed E-state index contributed by atoms with van der Waals surface area (Å²) < 4.78 is 13.6. The SMILES string of the molecule is NC(=O)[C@H](C[C@@H]1CCCNC1=O)NC(=O)[C@H](CC1CC1)NC(=O)c1cc2c(Cl)cc(F)cc2[nH]1. The Kier molecular flexibility index (Phi) is 7.06. The summed E-state index contributed by atoms with van der Waals surface area (Å²) in [4.78, 5) is 52.9. The third-order valence-electron chi connectivity index (χ3n) is 6.36. The van der Waals surface area contributed by atoms with Gasteiger partial charge in [0.1, 0.15) is 23.6 Å². The van der Waals surface area contributed by atoms with Crippen LogP contribution in [-0.2, 0) is 14.4 Å². The van der Waals surface area contributed by atoms with Gasteiger partial charge in [-0.2, -0.15) is 0 Å². The van der Waals surface area contributed by atoms with Gasteiger partial charge in [-0.15, -0.1) is 0 Å². The van der Waals surface area contributed by atoms with Gasteiger partial charge in [0.25, 0.3) is 5.91 Å². The maximum absolute atomic E-state index is 13.6. The predicted molar refractivity (Wildman–Crippen MR) is 123 cm³/mol. The molecular weight excluding hydrogens is 465 g/mol. The maximum Gasteiger partial charge on any atom is 0.268 e. The zero-order valence-electron chi connectivity index (χ0n) is 18.5. The van der Waals surface area contributed by atoms with Crippen molar-refractivity contribution in [3.63, 3.8) is 0 Å². The zero-order valence-corrected chi connectivity index (χ0v) is 19.2. The molecule has 1 aliphatic carbocycles. The van der Waals surface area contributed by atoms with E-state index >= 15 is 0 Å². The fourth-order valence-corrected chi connectivity index (χ4v) is 4.56. The lowest BCUT2D eigenvalue weighted by atomic mass is 9.91. The van der Waals surface area contributed by atoms with Gasteiger partial charge in [0, 0.05) is 17.8 Å². The number of hydrogen-bond acceptors (Lipinski definition) is 4. The van der Waals surface area contributed by atoms with Crippen molar-refractivity contribution in [3.8, 4) is 0 Å². The normalized spacial score (nSPS) is 19.8. The number of nitrogens with one attached hydrogen (secondary N) is 4. The van der Waals surface area contributed by atoms with E-state index in [1.165, 1.54) is 12.1 Å². The second kappa shape index (κ2) is 10.0. The molecule has 34 heavy (non-hydrogen) atoms. The molecule has 9 nitrogen and oxygen atoms in total. The Morgan fingerprint density at radius 1 is 1.12 bits per heavy atom. The van der Waals surface area contributed by atoms with E-state index in [2.05, 4.69) is 20.9 Å². The standard InChI is InChI=1S/C23H27ClFN5O4/c24-15-8-13(25)9-16-14(15)10-19(28-16)23(34)30-18(6-11-3-4-11)22(33)29-17(20(26)31)7-12-2-1-5-27-21(12)32/h8-12,17-18,28H,1-7H2,(H2,26,31)(H,27,32)(H,29,33)(H,30,34)/t12-,17-,18-/m0/s1. The molecule has 1 saturated carbocycles. The third kappa shape index (κ3) is 5.67. The molecular formula is C23H27ClFN5O4. The van der Waals surface area contributed by atoms with Crippen molar-refractivity contribution in [2.45, 2.75) is 50.6 Å². The topological polar surface area (TPSA) is 146 Å². The van der Waals surface area contributed by atoms with E-state index < -0.39 is 41.5 Å². The van der Waals surface area contributed by atoms with Crippen molar-refractivity contribution >= 4 is 46.1 Å². The summed E-state index contributed by atoms with van der Waals surface area (Å²) >= 11 is 6.06. The molecule has 1 aromatic carbocycles. The first-order chi connectivity index (χ1) is 16.2. The van der Waals surface area contributed by atoms with E-state index in [4.69, 9.17) is 17.3 Å². The van der Waals surface area contributed by atoms with Crippen LogP contribution in [0.15, 0.2) is 18.2 Å². The van der Waals surface area contributed by atoms with E-state index in [9.17, 15) is 23.6 Å².